The minimum absolute atomic E-state index is 0.270. The number of fused-ring (bicyclic) bond motifs is 1. The van der Waals surface area contributed by atoms with Crippen molar-refractivity contribution in [1.82, 2.24) is 0 Å². The summed E-state index contributed by atoms with van der Waals surface area (Å²) >= 11 is 0. The Labute approximate surface area is 118 Å². The first-order valence-electron chi connectivity index (χ1n) is 6.61. The Kier molecular flexibility index (Phi) is 4.07. The van der Waals surface area contributed by atoms with Crippen LogP contribution in [0.4, 0.5) is 8.78 Å². The van der Waals surface area contributed by atoms with Gasteiger partial charge in [-0.3, -0.25) is 0 Å². The molecule has 0 spiro atoms. The Balaban J connectivity index is 2.20. The molecule has 0 N–H and O–H groups in total. The molecule has 1 aromatic rings. The molecule has 0 aromatic heterocycles. The molecule has 0 bridgehead atoms. The molecule has 1 aromatic carbocycles. The summed E-state index contributed by atoms with van der Waals surface area (Å²) in [4.78, 5) is 0. The fourth-order valence-electron chi connectivity index (χ4n) is 1.99. The summed E-state index contributed by atoms with van der Waals surface area (Å²) in [5.41, 5.74) is 3.74. The predicted octanol–water partition coefficient (Wildman–Crippen LogP) is 5.14. The molecule has 0 atom stereocenters. The van der Waals surface area contributed by atoms with Gasteiger partial charge in [-0.05, 0) is 49.1 Å². The van der Waals surface area contributed by atoms with Crippen molar-refractivity contribution in [3.8, 4) is 5.75 Å². The number of hydrogen-bond donors (Lipinski definition) is 0. The molecule has 106 valence electrons. The van der Waals surface area contributed by atoms with Gasteiger partial charge in [-0.15, -0.1) is 0 Å². The zero-order valence-corrected chi connectivity index (χ0v) is 11.7. The number of hydrogen-bond acceptors (Lipinski definition) is 1. The number of aryl methyl sites for hydroxylation is 1. The fourth-order valence-corrected chi connectivity index (χ4v) is 1.99. The van der Waals surface area contributed by atoms with Gasteiger partial charge in [0.1, 0.15) is 5.75 Å². The number of rotatable bonds is 3. The van der Waals surface area contributed by atoms with Gasteiger partial charge in [0.05, 0.1) is 6.42 Å². The Bertz CT molecular complexity index is 583. The van der Waals surface area contributed by atoms with Gasteiger partial charge >= 0.3 is 6.11 Å². The normalized spacial score (nSPS) is 17.7. The zero-order chi connectivity index (χ0) is 14.8. The SMILES string of the molecule is C=C(/C=C\C(C)=C/C)c1ccc2c(c1)CCC(F)(F)O2. The van der Waals surface area contributed by atoms with Gasteiger partial charge < -0.3 is 4.74 Å². The maximum atomic E-state index is 13.1. The number of allylic oxidation sites excluding steroid dienone is 5. The highest BCUT2D eigenvalue weighted by Gasteiger charge is 2.35. The summed E-state index contributed by atoms with van der Waals surface area (Å²) in [6, 6.07) is 5.24. The van der Waals surface area contributed by atoms with E-state index in [1.54, 1.807) is 12.1 Å². The van der Waals surface area contributed by atoms with Gasteiger partial charge in [0.15, 0.2) is 0 Å². The van der Waals surface area contributed by atoms with Gasteiger partial charge in [0, 0.05) is 0 Å². The van der Waals surface area contributed by atoms with Crippen molar-refractivity contribution in [2.75, 3.05) is 0 Å². The second kappa shape index (κ2) is 5.61. The van der Waals surface area contributed by atoms with E-state index in [2.05, 4.69) is 11.3 Å². The second-order valence-electron chi connectivity index (χ2n) is 4.95. The first kappa shape index (κ1) is 14.5. The Hall–Kier alpha value is -1.90. The molecule has 3 heteroatoms. The molecular formula is C17H18F2O. The Morgan fingerprint density at radius 2 is 2.10 bits per heavy atom. The van der Waals surface area contributed by atoms with Crippen LogP contribution in [-0.4, -0.2) is 6.11 Å². The lowest BCUT2D eigenvalue weighted by Gasteiger charge is -2.25. The molecule has 1 nitrogen and oxygen atoms in total. The summed E-state index contributed by atoms with van der Waals surface area (Å²) < 4.78 is 30.9. The molecule has 0 fully saturated rings. The molecule has 0 unspecified atom stereocenters. The largest absolute Gasteiger partial charge is 0.432 e. The predicted molar refractivity (Wildman–Crippen MR) is 77.9 cm³/mol. The minimum Gasteiger partial charge on any atom is -0.432 e. The highest BCUT2D eigenvalue weighted by Crippen LogP contribution is 2.36. The van der Waals surface area contributed by atoms with E-state index in [-0.39, 0.29) is 12.2 Å². The van der Waals surface area contributed by atoms with Crippen LogP contribution in [0.5, 0.6) is 5.75 Å². The van der Waals surface area contributed by atoms with E-state index < -0.39 is 6.11 Å². The summed E-state index contributed by atoms with van der Waals surface area (Å²) in [7, 11) is 0. The molecule has 0 saturated heterocycles. The summed E-state index contributed by atoms with van der Waals surface area (Å²) in [5.74, 6) is 0.270. The number of alkyl halides is 2. The number of benzene rings is 1. The van der Waals surface area contributed by atoms with E-state index in [0.717, 1.165) is 22.3 Å². The van der Waals surface area contributed by atoms with Crippen molar-refractivity contribution >= 4 is 5.57 Å². The molecule has 0 radical (unpaired) electrons. The van der Waals surface area contributed by atoms with Gasteiger partial charge in [0.25, 0.3) is 0 Å². The van der Waals surface area contributed by atoms with Gasteiger partial charge in [0.2, 0.25) is 0 Å². The molecule has 0 saturated carbocycles. The van der Waals surface area contributed by atoms with Crippen molar-refractivity contribution in [3.05, 3.63) is 59.7 Å². The third-order valence-electron chi connectivity index (χ3n) is 3.38. The van der Waals surface area contributed by atoms with E-state index >= 15 is 0 Å². The Morgan fingerprint density at radius 1 is 1.35 bits per heavy atom. The molecule has 1 heterocycles. The van der Waals surface area contributed by atoms with E-state index in [9.17, 15) is 8.78 Å². The lowest BCUT2D eigenvalue weighted by molar-refractivity contribution is -0.187. The Morgan fingerprint density at radius 3 is 2.80 bits per heavy atom. The van der Waals surface area contributed by atoms with E-state index in [0.29, 0.717) is 6.42 Å². The molecule has 1 aliphatic heterocycles. The first-order valence-corrected chi connectivity index (χ1v) is 6.61. The van der Waals surface area contributed by atoms with E-state index in [4.69, 9.17) is 0 Å². The van der Waals surface area contributed by atoms with Crippen LogP contribution in [0.3, 0.4) is 0 Å². The average Bonchev–Trinajstić information content (AvgIpc) is 2.42. The van der Waals surface area contributed by atoms with Gasteiger partial charge in [-0.2, -0.15) is 8.78 Å². The highest BCUT2D eigenvalue weighted by atomic mass is 19.3. The molecule has 1 aliphatic rings. The van der Waals surface area contributed by atoms with Gasteiger partial charge in [-0.25, -0.2) is 0 Å². The van der Waals surface area contributed by atoms with Crippen LogP contribution in [0.15, 0.2) is 48.6 Å². The van der Waals surface area contributed by atoms with Crippen LogP contribution in [0.1, 0.15) is 31.4 Å². The standard InChI is InChI=1S/C17H18F2O/c1-4-12(2)5-6-13(3)14-7-8-16-15(11-14)9-10-17(18,19)20-16/h4-8,11H,3,9-10H2,1-2H3/b6-5-,12-4-. The maximum absolute atomic E-state index is 13.1. The van der Waals surface area contributed by atoms with Crippen molar-refractivity contribution in [3.63, 3.8) is 0 Å². The molecule has 2 rings (SSSR count). The van der Waals surface area contributed by atoms with E-state index in [1.807, 2.05) is 38.1 Å². The third kappa shape index (κ3) is 3.35. The lowest BCUT2D eigenvalue weighted by atomic mass is 9.98. The summed E-state index contributed by atoms with van der Waals surface area (Å²) in [5, 5.41) is 0. The number of halogens is 2. The quantitative estimate of drug-likeness (QED) is 0.694. The molecule has 0 amide bonds. The summed E-state index contributed by atoms with van der Waals surface area (Å²) in [6.07, 6.45) is 2.91. The van der Waals surface area contributed by atoms with Crippen LogP contribution in [0, 0.1) is 0 Å². The van der Waals surface area contributed by atoms with Crippen LogP contribution < -0.4 is 4.74 Å². The van der Waals surface area contributed by atoms with Gasteiger partial charge in [-0.1, -0.05) is 36.4 Å². The van der Waals surface area contributed by atoms with Crippen molar-refractivity contribution in [2.45, 2.75) is 32.8 Å². The smallest absolute Gasteiger partial charge is 0.398 e. The van der Waals surface area contributed by atoms with Crippen LogP contribution >= 0.6 is 0 Å². The maximum Gasteiger partial charge on any atom is 0.398 e. The molecule has 20 heavy (non-hydrogen) atoms. The van der Waals surface area contributed by atoms with Crippen molar-refractivity contribution < 1.29 is 13.5 Å². The number of ether oxygens (including phenoxy) is 1. The second-order valence-corrected chi connectivity index (χ2v) is 4.95. The zero-order valence-electron chi connectivity index (χ0n) is 11.7. The third-order valence-corrected chi connectivity index (χ3v) is 3.38. The van der Waals surface area contributed by atoms with E-state index in [1.165, 1.54) is 0 Å². The van der Waals surface area contributed by atoms with Crippen molar-refractivity contribution in [1.29, 1.82) is 0 Å². The lowest BCUT2D eigenvalue weighted by Crippen LogP contribution is -2.29. The minimum atomic E-state index is -3.05. The monoisotopic (exact) mass is 276 g/mol. The average molecular weight is 276 g/mol. The van der Waals surface area contributed by atoms with Crippen molar-refractivity contribution in [2.24, 2.45) is 0 Å². The topological polar surface area (TPSA) is 9.23 Å². The first-order chi connectivity index (χ1) is 9.41. The van der Waals surface area contributed by atoms with Crippen LogP contribution in [-0.2, 0) is 6.42 Å². The molecule has 0 aliphatic carbocycles. The van der Waals surface area contributed by atoms with Crippen LogP contribution in [0.2, 0.25) is 0 Å². The summed E-state index contributed by atoms with van der Waals surface area (Å²) in [6.45, 7) is 7.98. The fraction of sp³-hybridized carbons (Fsp3) is 0.294. The molecular weight excluding hydrogens is 258 g/mol. The van der Waals surface area contributed by atoms with Crippen LogP contribution in [0.25, 0.3) is 5.57 Å². The highest BCUT2D eigenvalue weighted by molar-refractivity contribution is 5.73.